The van der Waals surface area contributed by atoms with Crippen molar-refractivity contribution < 1.29 is 0 Å². The van der Waals surface area contributed by atoms with Crippen molar-refractivity contribution in [3.8, 4) is 0 Å². The van der Waals surface area contributed by atoms with Crippen molar-refractivity contribution in [2.75, 3.05) is 19.6 Å². The number of piperazine rings is 1. The van der Waals surface area contributed by atoms with Gasteiger partial charge in [-0.2, -0.15) is 0 Å². The first-order chi connectivity index (χ1) is 9.80. The van der Waals surface area contributed by atoms with Crippen molar-refractivity contribution in [3.05, 3.63) is 16.1 Å². The fourth-order valence-electron chi connectivity index (χ4n) is 3.65. The first-order valence-corrected chi connectivity index (χ1v) is 9.03. The van der Waals surface area contributed by atoms with Gasteiger partial charge < -0.3 is 0 Å². The van der Waals surface area contributed by atoms with Crippen LogP contribution in [-0.2, 0) is 13.0 Å². The molecule has 2 saturated heterocycles. The largest absolute Gasteiger partial charge is 0.298 e. The topological polar surface area (TPSA) is 19.4 Å². The van der Waals surface area contributed by atoms with E-state index in [0.717, 1.165) is 25.0 Å². The standard InChI is InChI=1S/C16H27N3S/c1-3-13-10-18-8-6-5-7-14(18)11-19(13)12-16-17-9-15(4-2)20-16/h9,13-14H,3-8,10-12H2,1-2H3. The molecule has 2 atom stereocenters. The highest BCUT2D eigenvalue weighted by Crippen LogP contribution is 2.27. The SMILES string of the molecule is CCc1cnc(CN2CC3CCCCN3CC2CC)s1. The fourth-order valence-corrected chi connectivity index (χ4v) is 4.54. The van der Waals surface area contributed by atoms with Gasteiger partial charge in [-0.25, -0.2) is 4.98 Å². The lowest BCUT2D eigenvalue weighted by molar-refractivity contribution is 0.00325. The molecule has 0 amide bonds. The van der Waals surface area contributed by atoms with Crippen molar-refractivity contribution in [2.24, 2.45) is 0 Å². The average molecular weight is 293 g/mol. The minimum atomic E-state index is 0.721. The van der Waals surface area contributed by atoms with Gasteiger partial charge in [0.1, 0.15) is 5.01 Å². The average Bonchev–Trinajstić information content (AvgIpc) is 2.94. The van der Waals surface area contributed by atoms with Crippen molar-refractivity contribution >= 4 is 11.3 Å². The Morgan fingerprint density at radius 2 is 2.20 bits per heavy atom. The van der Waals surface area contributed by atoms with Crippen LogP contribution in [0.3, 0.4) is 0 Å². The number of fused-ring (bicyclic) bond motifs is 1. The molecule has 2 unspecified atom stereocenters. The molecule has 20 heavy (non-hydrogen) atoms. The quantitative estimate of drug-likeness (QED) is 0.850. The zero-order valence-corrected chi connectivity index (χ0v) is 13.7. The molecule has 2 fully saturated rings. The molecule has 0 N–H and O–H groups in total. The molecule has 1 aromatic heterocycles. The molecule has 1 aromatic rings. The number of nitrogens with zero attached hydrogens (tertiary/aromatic N) is 3. The number of aromatic nitrogens is 1. The van der Waals surface area contributed by atoms with Gasteiger partial charge in [0.2, 0.25) is 0 Å². The van der Waals surface area contributed by atoms with E-state index in [1.54, 1.807) is 0 Å². The molecule has 3 rings (SSSR count). The highest BCUT2D eigenvalue weighted by atomic mass is 32.1. The van der Waals surface area contributed by atoms with Gasteiger partial charge in [0.05, 0.1) is 6.54 Å². The monoisotopic (exact) mass is 293 g/mol. The van der Waals surface area contributed by atoms with Gasteiger partial charge in [-0.15, -0.1) is 11.3 Å². The normalized spacial score (nSPS) is 28.5. The fraction of sp³-hybridized carbons (Fsp3) is 0.812. The lowest BCUT2D eigenvalue weighted by Crippen LogP contribution is -2.58. The Bertz CT molecular complexity index is 431. The van der Waals surface area contributed by atoms with E-state index in [2.05, 4.69) is 34.8 Å². The number of piperidine rings is 1. The molecule has 0 bridgehead atoms. The van der Waals surface area contributed by atoms with Gasteiger partial charge in [0.25, 0.3) is 0 Å². The van der Waals surface area contributed by atoms with E-state index in [4.69, 9.17) is 0 Å². The summed E-state index contributed by atoms with van der Waals surface area (Å²) in [7, 11) is 0. The molecule has 0 aromatic carbocycles. The molecular weight excluding hydrogens is 266 g/mol. The Balaban J connectivity index is 1.67. The Morgan fingerprint density at radius 3 is 2.95 bits per heavy atom. The summed E-state index contributed by atoms with van der Waals surface area (Å²) in [5, 5.41) is 1.31. The van der Waals surface area contributed by atoms with Crippen LogP contribution < -0.4 is 0 Å². The van der Waals surface area contributed by atoms with Crippen molar-refractivity contribution in [1.29, 1.82) is 0 Å². The summed E-state index contributed by atoms with van der Waals surface area (Å²) in [6.07, 6.45) is 8.66. The van der Waals surface area contributed by atoms with Crippen molar-refractivity contribution in [2.45, 2.75) is 64.6 Å². The Labute approximate surface area is 127 Å². The Kier molecular flexibility index (Phi) is 4.74. The van der Waals surface area contributed by atoms with Crippen LogP contribution in [0, 0.1) is 0 Å². The summed E-state index contributed by atoms with van der Waals surface area (Å²) in [6.45, 7) is 9.46. The van der Waals surface area contributed by atoms with Gasteiger partial charge in [0, 0.05) is 36.2 Å². The zero-order chi connectivity index (χ0) is 13.9. The molecule has 0 spiro atoms. The summed E-state index contributed by atoms with van der Waals surface area (Å²) in [5.41, 5.74) is 0. The molecule has 2 aliphatic heterocycles. The second-order valence-corrected chi connectivity index (χ2v) is 7.41. The number of aryl methyl sites for hydroxylation is 1. The molecule has 0 saturated carbocycles. The van der Waals surface area contributed by atoms with Crippen LogP contribution in [-0.4, -0.2) is 46.5 Å². The van der Waals surface area contributed by atoms with Crippen LogP contribution in [0.15, 0.2) is 6.20 Å². The maximum Gasteiger partial charge on any atom is 0.107 e. The second kappa shape index (κ2) is 6.54. The summed E-state index contributed by atoms with van der Waals surface area (Å²) in [4.78, 5) is 11.5. The summed E-state index contributed by atoms with van der Waals surface area (Å²) >= 11 is 1.90. The predicted octanol–water partition coefficient (Wildman–Crippen LogP) is 3.15. The lowest BCUT2D eigenvalue weighted by atomic mass is 9.96. The third kappa shape index (κ3) is 3.07. The van der Waals surface area contributed by atoms with E-state index < -0.39 is 0 Å². The zero-order valence-electron chi connectivity index (χ0n) is 12.8. The third-order valence-corrected chi connectivity index (χ3v) is 6.04. The van der Waals surface area contributed by atoms with Crippen LogP contribution in [0.25, 0.3) is 0 Å². The molecule has 0 radical (unpaired) electrons. The number of rotatable bonds is 4. The molecule has 3 nitrogen and oxygen atoms in total. The van der Waals surface area contributed by atoms with Crippen LogP contribution >= 0.6 is 11.3 Å². The molecular formula is C16H27N3S. The first kappa shape index (κ1) is 14.5. The minimum absolute atomic E-state index is 0.721. The molecule has 4 heteroatoms. The van der Waals surface area contributed by atoms with Crippen LogP contribution in [0.1, 0.15) is 49.4 Å². The number of thiazole rings is 1. The summed E-state index contributed by atoms with van der Waals surface area (Å²) in [6, 6.07) is 1.52. The van der Waals surface area contributed by atoms with Gasteiger partial charge in [0.15, 0.2) is 0 Å². The second-order valence-electron chi connectivity index (χ2n) is 6.21. The summed E-state index contributed by atoms with van der Waals surface area (Å²) < 4.78 is 0. The maximum atomic E-state index is 4.62. The number of hydrogen-bond acceptors (Lipinski definition) is 4. The van der Waals surface area contributed by atoms with E-state index in [9.17, 15) is 0 Å². The Morgan fingerprint density at radius 1 is 1.30 bits per heavy atom. The van der Waals surface area contributed by atoms with E-state index in [1.807, 2.05) is 11.3 Å². The number of hydrogen-bond donors (Lipinski definition) is 0. The molecule has 2 aliphatic rings. The summed E-state index contributed by atoms with van der Waals surface area (Å²) in [5.74, 6) is 0. The van der Waals surface area contributed by atoms with E-state index in [-0.39, 0.29) is 0 Å². The van der Waals surface area contributed by atoms with E-state index in [0.29, 0.717) is 0 Å². The molecule has 0 aliphatic carbocycles. The maximum absolute atomic E-state index is 4.62. The van der Waals surface area contributed by atoms with Crippen molar-refractivity contribution in [3.63, 3.8) is 0 Å². The van der Waals surface area contributed by atoms with Crippen LogP contribution in [0.2, 0.25) is 0 Å². The Hall–Kier alpha value is -0.450. The van der Waals surface area contributed by atoms with Gasteiger partial charge in [-0.05, 0) is 32.2 Å². The van der Waals surface area contributed by atoms with Crippen LogP contribution in [0.5, 0.6) is 0 Å². The first-order valence-electron chi connectivity index (χ1n) is 8.21. The van der Waals surface area contributed by atoms with Crippen molar-refractivity contribution in [1.82, 2.24) is 14.8 Å². The predicted molar refractivity (Wildman–Crippen MR) is 85.2 cm³/mol. The lowest BCUT2D eigenvalue weighted by Gasteiger charge is -2.48. The smallest absolute Gasteiger partial charge is 0.107 e. The van der Waals surface area contributed by atoms with Gasteiger partial charge in [-0.1, -0.05) is 20.3 Å². The highest BCUT2D eigenvalue weighted by molar-refractivity contribution is 7.11. The third-order valence-electron chi connectivity index (χ3n) is 4.92. The minimum Gasteiger partial charge on any atom is -0.298 e. The highest BCUT2D eigenvalue weighted by Gasteiger charge is 2.34. The molecule has 3 heterocycles. The van der Waals surface area contributed by atoms with Crippen LogP contribution in [0.4, 0.5) is 0 Å². The van der Waals surface area contributed by atoms with Gasteiger partial charge in [-0.3, -0.25) is 9.80 Å². The van der Waals surface area contributed by atoms with E-state index in [1.165, 1.54) is 55.2 Å². The van der Waals surface area contributed by atoms with Gasteiger partial charge >= 0.3 is 0 Å². The molecule has 112 valence electrons. The van der Waals surface area contributed by atoms with E-state index >= 15 is 0 Å².